The molecule has 1 aliphatic rings. The fourth-order valence-corrected chi connectivity index (χ4v) is 3.92. The van der Waals surface area contributed by atoms with Crippen LogP contribution in [0.4, 0.5) is 0 Å². The lowest BCUT2D eigenvalue weighted by Crippen LogP contribution is -2.32. The zero-order chi connectivity index (χ0) is 15.3. The van der Waals surface area contributed by atoms with Crippen molar-refractivity contribution in [3.8, 4) is 0 Å². The molecule has 0 aromatic rings. The smallest absolute Gasteiger partial charge is 0.107 e. The standard InChI is InChI=1S/C19H37B/c1-14(2)17(6)20(18(7)15(3)4)16(5)13-19-11-9-8-10-12-19/h13-15,17-19H,8-12H2,1-7H3/b16-13+. The summed E-state index contributed by atoms with van der Waals surface area (Å²) in [5.74, 6) is 3.98. The first-order valence-electron chi connectivity index (χ1n) is 9.02. The molecule has 1 fully saturated rings. The van der Waals surface area contributed by atoms with Crippen LogP contribution in [-0.4, -0.2) is 6.71 Å². The van der Waals surface area contributed by atoms with Crippen molar-refractivity contribution < 1.29 is 0 Å². The first-order valence-corrected chi connectivity index (χ1v) is 9.02. The van der Waals surface area contributed by atoms with Crippen LogP contribution >= 0.6 is 0 Å². The summed E-state index contributed by atoms with van der Waals surface area (Å²) in [6.07, 6.45) is 9.85. The van der Waals surface area contributed by atoms with Crippen LogP contribution in [0.25, 0.3) is 0 Å². The molecule has 0 heterocycles. The Balaban J connectivity index is 2.87. The number of hydrogen-bond acceptors (Lipinski definition) is 0. The van der Waals surface area contributed by atoms with Crippen molar-refractivity contribution in [1.82, 2.24) is 0 Å². The predicted octanol–water partition coefficient (Wildman–Crippen LogP) is 6.64. The maximum absolute atomic E-state index is 2.65. The van der Waals surface area contributed by atoms with Gasteiger partial charge in [-0.05, 0) is 18.8 Å². The first kappa shape index (κ1) is 17.9. The molecule has 20 heavy (non-hydrogen) atoms. The van der Waals surface area contributed by atoms with Gasteiger partial charge in [-0.1, -0.05) is 97.3 Å². The molecule has 116 valence electrons. The molecule has 0 bridgehead atoms. The van der Waals surface area contributed by atoms with Gasteiger partial charge in [0.05, 0.1) is 0 Å². The SMILES string of the molecule is C/C(=C\C1CCCCC1)B(C(C)C(C)C)C(C)C(C)C. The third-order valence-electron chi connectivity index (χ3n) is 5.91. The summed E-state index contributed by atoms with van der Waals surface area (Å²) in [7, 11) is 0. The molecule has 0 saturated heterocycles. The molecular weight excluding hydrogens is 239 g/mol. The number of rotatable bonds is 6. The summed E-state index contributed by atoms with van der Waals surface area (Å²) in [6.45, 7) is 17.7. The fraction of sp³-hybridized carbons (Fsp3) is 0.895. The van der Waals surface area contributed by atoms with Crippen molar-refractivity contribution in [3.05, 3.63) is 11.5 Å². The van der Waals surface area contributed by atoms with Crippen molar-refractivity contribution in [2.75, 3.05) is 0 Å². The maximum atomic E-state index is 2.65. The van der Waals surface area contributed by atoms with Gasteiger partial charge >= 0.3 is 0 Å². The fourth-order valence-electron chi connectivity index (χ4n) is 3.92. The van der Waals surface area contributed by atoms with E-state index < -0.39 is 0 Å². The largest absolute Gasteiger partial charge is 0.176 e. The molecule has 0 nitrogen and oxygen atoms in total. The second-order valence-electron chi connectivity index (χ2n) is 8.04. The Bertz CT molecular complexity index is 283. The van der Waals surface area contributed by atoms with Crippen LogP contribution in [0, 0.1) is 17.8 Å². The molecule has 1 aliphatic carbocycles. The lowest BCUT2D eigenvalue weighted by Gasteiger charge is -2.33. The van der Waals surface area contributed by atoms with Crippen LogP contribution < -0.4 is 0 Å². The monoisotopic (exact) mass is 276 g/mol. The Morgan fingerprint density at radius 3 is 1.70 bits per heavy atom. The molecule has 0 spiro atoms. The van der Waals surface area contributed by atoms with E-state index in [1.807, 2.05) is 0 Å². The highest BCUT2D eigenvalue weighted by atomic mass is 14.2. The van der Waals surface area contributed by atoms with Crippen LogP contribution in [0.2, 0.25) is 11.6 Å². The van der Waals surface area contributed by atoms with E-state index in [0.717, 1.165) is 36.1 Å². The molecule has 0 aromatic heterocycles. The summed E-state index contributed by atoms with van der Waals surface area (Å²) < 4.78 is 0. The van der Waals surface area contributed by atoms with Gasteiger partial charge < -0.3 is 0 Å². The van der Waals surface area contributed by atoms with Gasteiger partial charge in [0.15, 0.2) is 6.71 Å². The van der Waals surface area contributed by atoms with Crippen molar-refractivity contribution in [2.45, 2.75) is 92.2 Å². The van der Waals surface area contributed by atoms with Gasteiger partial charge in [-0.25, -0.2) is 0 Å². The minimum atomic E-state index is 0.761. The number of hydrogen-bond donors (Lipinski definition) is 0. The Kier molecular flexibility index (Phi) is 7.41. The van der Waals surface area contributed by atoms with E-state index in [-0.39, 0.29) is 0 Å². The van der Waals surface area contributed by atoms with Crippen LogP contribution in [0.3, 0.4) is 0 Å². The molecule has 0 amide bonds. The van der Waals surface area contributed by atoms with Crippen molar-refractivity contribution in [2.24, 2.45) is 17.8 Å². The average Bonchev–Trinajstić information content (AvgIpc) is 2.39. The molecular formula is C19H37B. The zero-order valence-electron chi connectivity index (χ0n) is 15.1. The summed E-state index contributed by atoms with van der Waals surface area (Å²) in [4.78, 5) is 0. The summed E-state index contributed by atoms with van der Waals surface area (Å²) in [6, 6.07) is 0. The van der Waals surface area contributed by atoms with E-state index in [9.17, 15) is 0 Å². The highest BCUT2D eigenvalue weighted by Crippen LogP contribution is 2.37. The van der Waals surface area contributed by atoms with Gasteiger partial charge in [0.25, 0.3) is 0 Å². The van der Waals surface area contributed by atoms with E-state index in [1.165, 1.54) is 32.1 Å². The van der Waals surface area contributed by atoms with Crippen molar-refractivity contribution in [1.29, 1.82) is 0 Å². The Morgan fingerprint density at radius 2 is 1.30 bits per heavy atom. The quantitative estimate of drug-likeness (QED) is 0.477. The molecule has 0 N–H and O–H groups in total. The molecule has 1 rings (SSSR count). The lowest BCUT2D eigenvalue weighted by atomic mass is 9.28. The summed E-state index contributed by atoms with van der Waals surface area (Å²) in [5.41, 5.74) is 1.68. The van der Waals surface area contributed by atoms with Crippen molar-refractivity contribution >= 4 is 6.71 Å². The predicted molar refractivity (Wildman–Crippen MR) is 94.6 cm³/mol. The van der Waals surface area contributed by atoms with Gasteiger partial charge in [0.1, 0.15) is 0 Å². The van der Waals surface area contributed by atoms with E-state index in [4.69, 9.17) is 0 Å². The van der Waals surface area contributed by atoms with Gasteiger partial charge in [0.2, 0.25) is 0 Å². The van der Waals surface area contributed by atoms with Crippen LogP contribution in [0.1, 0.15) is 80.6 Å². The molecule has 2 atom stereocenters. The lowest BCUT2D eigenvalue weighted by molar-refractivity contribution is 0.418. The molecule has 0 aliphatic heterocycles. The van der Waals surface area contributed by atoms with Crippen molar-refractivity contribution in [3.63, 3.8) is 0 Å². The second-order valence-corrected chi connectivity index (χ2v) is 8.04. The van der Waals surface area contributed by atoms with E-state index in [2.05, 4.69) is 54.5 Å². The summed E-state index contributed by atoms with van der Waals surface area (Å²) >= 11 is 0. The summed E-state index contributed by atoms with van der Waals surface area (Å²) in [5, 5.41) is 0. The molecule has 1 heteroatoms. The first-order chi connectivity index (χ1) is 9.34. The highest BCUT2D eigenvalue weighted by molar-refractivity contribution is 6.69. The van der Waals surface area contributed by atoms with Crippen LogP contribution in [0.5, 0.6) is 0 Å². The van der Waals surface area contributed by atoms with Crippen LogP contribution in [0.15, 0.2) is 11.5 Å². The third kappa shape index (κ3) is 4.97. The zero-order valence-corrected chi connectivity index (χ0v) is 15.1. The third-order valence-corrected chi connectivity index (χ3v) is 5.91. The highest BCUT2D eigenvalue weighted by Gasteiger charge is 2.32. The Hall–Kier alpha value is -0.195. The minimum absolute atomic E-state index is 0.761. The van der Waals surface area contributed by atoms with E-state index in [0.29, 0.717) is 0 Å². The topological polar surface area (TPSA) is 0 Å². The molecule has 1 saturated carbocycles. The van der Waals surface area contributed by atoms with E-state index >= 15 is 0 Å². The van der Waals surface area contributed by atoms with Gasteiger partial charge in [-0.2, -0.15) is 0 Å². The molecule has 2 unspecified atom stereocenters. The molecule has 0 aromatic carbocycles. The number of allylic oxidation sites excluding steroid dienone is 2. The van der Waals surface area contributed by atoms with Crippen LogP contribution in [-0.2, 0) is 0 Å². The van der Waals surface area contributed by atoms with Gasteiger partial charge in [0, 0.05) is 0 Å². The molecule has 0 radical (unpaired) electrons. The second kappa shape index (κ2) is 8.30. The van der Waals surface area contributed by atoms with Gasteiger partial charge in [-0.3, -0.25) is 0 Å². The van der Waals surface area contributed by atoms with Gasteiger partial charge in [-0.15, -0.1) is 5.47 Å². The normalized spacial score (nSPS) is 21.4. The Morgan fingerprint density at radius 1 is 0.850 bits per heavy atom. The Labute approximate surface area is 128 Å². The maximum Gasteiger partial charge on any atom is 0.176 e. The average molecular weight is 276 g/mol. The van der Waals surface area contributed by atoms with E-state index in [1.54, 1.807) is 5.47 Å². The minimum Gasteiger partial charge on any atom is -0.107 e.